The van der Waals surface area contributed by atoms with Crippen molar-refractivity contribution in [1.29, 1.82) is 0 Å². The lowest BCUT2D eigenvalue weighted by atomic mass is 9.44. The summed E-state index contributed by atoms with van der Waals surface area (Å²) >= 11 is 0. The Morgan fingerprint density at radius 2 is 1.25 bits per heavy atom. The third-order valence-corrected chi connectivity index (χ3v) is 26.1. The SMILES string of the molecule is CCCCCCCCCCCC1N(c2ccc(O)cc2)CC2[C@H]3C[C@H]4CC5CC6CC7CC8CC9=C[C@H]%10CC21C1=C2C%11C%12=C(C4C5C4C%12C5C(C7C8C7C9C(C%11C75)C1%10)C64)C23. The molecule has 18 rings (SSSR count). The average Bonchev–Trinajstić information content (AvgIpc) is 4.11. The molecule has 1 spiro atoms. The molecule has 0 aromatic heterocycles. The van der Waals surface area contributed by atoms with Gasteiger partial charge in [0.05, 0.1) is 0 Å². The van der Waals surface area contributed by atoms with Crippen molar-refractivity contribution in [2.24, 2.45) is 153 Å². The largest absolute Gasteiger partial charge is 0.508 e. The van der Waals surface area contributed by atoms with Crippen molar-refractivity contribution >= 4 is 5.69 Å². The van der Waals surface area contributed by atoms with Gasteiger partial charge in [0.25, 0.3) is 0 Å². The van der Waals surface area contributed by atoms with Crippen LogP contribution in [0.5, 0.6) is 5.75 Å². The quantitative estimate of drug-likeness (QED) is 0.178. The Morgan fingerprint density at radius 3 is 2.08 bits per heavy atom. The van der Waals surface area contributed by atoms with Gasteiger partial charge in [-0.25, -0.2) is 0 Å². The Balaban J connectivity index is 0.850. The van der Waals surface area contributed by atoms with Gasteiger partial charge in [0.15, 0.2) is 0 Å². The molecule has 16 aliphatic carbocycles. The van der Waals surface area contributed by atoms with Crippen molar-refractivity contribution in [3.05, 3.63) is 58.2 Å². The number of unbranched alkanes of at least 4 members (excludes halogenated alkanes) is 8. The highest BCUT2D eigenvalue weighted by Crippen LogP contribution is 2.91. The molecular formula is C58H71NO. The van der Waals surface area contributed by atoms with E-state index < -0.39 is 0 Å². The van der Waals surface area contributed by atoms with E-state index >= 15 is 0 Å². The fourth-order valence-corrected chi connectivity index (χ4v) is 26.5. The molecule has 17 aliphatic rings. The van der Waals surface area contributed by atoms with Gasteiger partial charge in [0.2, 0.25) is 0 Å². The Hall–Kier alpha value is -1.96. The lowest BCUT2D eigenvalue weighted by Crippen LogP contribution is -2.55. The maximum Gasteiger partial charge on any atom is 0.115 e. The molecule has 27 atom stereocenters. The number of hydrogen-bond donors (Lipinski definition) is 1. The Morgan fingerprint density at radius 1 is 0.583 bits per heavy atom. The Labute approximate surface area is 360 Å². The van der Waals surface area contributed by atoms with Crippen LogP contribution in [0.3, 0.4) is 0 Å². The van der Waals surface area contributed by atoms with Crippen LogP contribution in [-0.2, 0) is 0 Å². The first kappa shape index (κ1) is 33.5. The van der Waals surface area contributed by atoms with Crippen LogP contribution in [0, 0.1) is 153 Å². The van der Waals surface area contributed by atoms with E-state index in [4.69, 9.17) is 0 Å². The van der Waals surface area contributed by atoms with E-state index in [1.807, 2.05) is 12.1 Å². The molecule has 11 saturated carbocycles. The summed E-state index contributed by atoms with van der Waals surface area (Å²) in [4.78, 5) is 3.07. The predicted molar refractivity (Wildman–Crippen MR) is 235 cm³/mol. The molecule has 1 aromatic rings. The number of anilines is 1. The number of aromatic hydroxyl groups is 1. The molecule has 24 unspecified atom stereocenters. The van der Waals surface area contributed by atoms with Gasteiger partial charge in [-0.1, -0.05) is 98.7 Å². The number of phenolic OH excluding ortho intramolecular Hbond substituents is 1. The van der Waals surface area contributed by atoms with Gasteiger partial charge >= 0.3 is 0 Å². The van der Waals surface area contributed by atoms with Gasteiger partial charge in [-0.05, 0) is 212 Å². The van der Waals surface area contributed by atoms with E-state index in [1.165, 1.54) is 82.9 Å². The van der Waals surface area contributed by atoms with Gasteiger partial charge in [0, 0.05) is 35.5 Å². The van der Waals surface area contributed by atoms with E-state index in [-0.39, 0.29) is 0 Å². The van der Waals surface area contributed by atoms with E-state index in [2.05, 4.69) is 57.9 Å². The van der Waals surface area contributed by atoms with Crippen molar-refractivity contribution < 1.29 is 5.11 Å². The van der Waals surface area contributed by atoms with Crippen molar-refractivity contribution in [2.45, 2.75) is 122 Å². The normalized spacial score (nSPS) is 60.3. The highest BCUT2D eigenvalue weighted by molar-refractivity contribution is 5.64. The second kappa shape index (κ2) is 10.8. The van der Waals surface area contributed by atoms with Gasteiger partial charge < -0.3 is 10.0 Å². The molecule has 2 heteroatoms. The minimum absolute atomic E-state index is 0.375. The summed E-state index contributed by atoms with van der Waals surface area (Å²) in [7, 11) is 0. The third kappa shape index (κ3) is 3.32. The molecule has 1 aliphatic heterocycles. The van der Waals surface area contributed by atoms with E-state index in [9.17, 15) is 5.11 Å². The van der Waals surface area contributed by atoms with Crippen LogP contribution in [0.1, 0.15) is 116 Å². The Bertz CT molecular complexity index is 2250. The lowest BCUT2D eigenvalue weighted by Gasteiger charge is -2.60. The molecule has 1 N–H and O–H groups in total. The van der Waals surface area contributed by atoms with Crippen molar-refractivity contribution in [3.63, 3.8) is 0 Å². The fraction of sp³-hybridized carbons (Fsp3) is 0.793. The molecule has 12 fully saturated rings. The van der Waals surface area contributed by atoms with E-state index in [0.717, 1.165) is 148 Å². The summed E-state index contributed by atoms with van der Waals surface area (Å²) < 4.78 is 0. The Kier molecular flexibility index (Phi) is 6.01. The zero-order valence-corrected chi connectivity index (χ0v) is 36.5. The molecule has 1 saturated heterocycles. The molecule has 2 nitrogen and oxygen atoms in total. The van der Waals surface area contributed by atoms with Crippen LogP contribution in [0.2, 0.25) is 0 Å². The highest BCUT2D eigenvalue weighted by atomic mass is 16.3. The topological polar surface area (TPSA) is 23.5 Å². The van der Waals surface area contributed by atoms with Crippen LogP contribution in [0.25, 0.3) is 0 Å². The summed E-state index contributed by atoms with van der Waals surface area (Å²) in [5.74, 6) is 26.1. The van der Waals surface area contributed by atoms with Crippen LogP contribution < -0.4 is 4.90 Å². The highest BCUT2D eigenvalue weighted by Gasteiger charge is 2.86. The smallest absolute Gasteiger partial charge is 0.115 e. The number of phenols is 1. The average molecular weight is 798 g/mol. The molecule has 60 heavy (non-hydrogen) atoms. The van der Waals surface area contributed by atoms with E-state index in [1.54, 1.807) is 38.5 Å². The first-order chi connectivity index (χ1) is 29.7. The lowest BCUT2D eigenvalue weighted by molar-refractivity contribution is -0.103. The van der Waals surface area contributed by atoms with Gasteiger partial charge in [0.1, 0.15) is 5.75 Å². The molecule has 1 aromatic carbocycles. The molecule has 1 heterocycles. The fourth-order valence-electron chi connectivity index (χ4n) is 26.5. The summed E-state index contributed by atoms with van der Waals surface area (Å²) in [6, 6.07) is 9.40. The van der Waals surface area contributed by atoms with Gasteiger partial charge in [-0.2, -0.15) is 0 Å². The molecular weight excluding hydrogens is 727 g/mol. The number of nitrogens with zero attached hydrogens (tertiary/aromatic N) is 1. The number of benzene rings is 1. The molecule has 314 valence electrons. The van der Waals surface area contributed by atoms with Crippen molar-refractivity contribution in [1.82, 2.24) is 0 Å². The van der Waals surface area contributed by atoms with Crippen molar-refractivity contribution in [3.8, 4) is 5.75 Å². The number of rotatable bonds is 11. The third-order valence-electron chi connectivity index (χ3n) is 26.1. The van der Waals surface area contributed by atoms with Crippen LogP contribution in [0.4, 0.5) is 5.69 Å². The van der Waals surface area contributed by atoms with E-state index in [0.29, 0.717) is 17.2 Å². The van der Waals surface area contributed by atoms with Crippen molar-refractivity contribution in [2.75, 3.05) is 11.4 Å². The standard InChI is InChI=1S/C58H71NO/c1-2-3-4-5-6-7-8-9-10-11-36-58-23-31-21-29-19-26-16-25-17-28-18-27-20-30-22-34(35(58)24-59(36)32-12-14-33(60)15-13-32)44-49-40(30)39(27)46-41(28)45-37(25)38(26)47-42(29)48-43(31)57(58)56(44)55-53(48)51(47)50(45)52(46)54(49)55/h12-15,21,25-28,30-31,34-48,50-53,55,60H,2-11,16-20,22-24H2,1H3/t25?,26?,27?,28?,30-,31+,34-,35?,36?,37?,38?,39?,40?,41?,42?,43?,44?,45?,46?,47?,48?,50?,51?,52?,53?,55?,58?/m1/s1. The summed E-state index contributed by atoms with van der Waals surface area (Å²) in [6.07, 6.45) is 28.7. The van der Waals surface area contributed by atoms with Crippen LogP contribution >= 0.6 is 0 Å². The zero-order valence-electron chi connectivity index (χ0n) is 36.5. The summed E-state index contributed by atoms with van der Waals surface area (Å²) in [5.41, 5.74) is 13.0. The second-order valence-electron chi connectivity index (χ2n) is 26.6. The van der Waals surface area contributed by atoms with Gasteiger partial charge in [-0.15, -0.1) is 0 Å². The first-order valence-electron chi connectivity index (χ1n) is 27.4. The first-order valence-corrected chi connectivity index (χ1v) is 27.4. The number of fused-ring (bicyclic) bond motifs is 1. The predicted octanol–water partition coefficient (Wildman–Crippen LogP) is 12.4. The van der Waals surface area contributed by atoms with Crippen LogP contribution in [0.15, 0.2) is 58.2 Å². The molecule has 0 amide bonds. The maximum absolute atomic E-state index is 10.6. The second-order valence-corrected chi connectivity index (χ2v) is 26.6. The maximum atomic E-state index is 10.6. The monoisotopic (exact) mass is 798 g/mol. The summed E-state index contributed by atoms with van der Waals surface area (Å²) in [6.45, 7) is 3.65. The minimum atomic E-state index is 0.375. The number of hydrogen-bond acceptors (Lipinski definition) is 2. The van der Waals surface area contributed by atoms with Gasteiger partial charge in [-0.3, -0.25) is 0 Å². The minimum Gasteiger partial charge on any atom is -0.508 e. The molecule has 0 radical (unpaired) electrons. The summed E-state index contributed by atoms with van der Waals surface area (Å²) in [5, 5.41) is 10.6. The number of allylic oxidation sites excluding steroid dienone is 5. The molecule has 0 bridgehead atoms. The van der Waals surface area contributed by atoms with Crippen LogP contribution in [-0.4, -0.2) is 17.7 Å². The zero-order chi connectivity index (χ0) is 38.4.